The molecule has 12 heteroatoms. The second-order valence-corrected chi connectivity index (χ2v) is 8.29. The van der Waals surface area contributed by atoms with Crippen LogP contribution in [0.3, 0.4) is 0 Å². The number of nitrogens with two attached hydrogens (primary N) is 1. The number of carbonyl (C=O) groups is 1. The van der Waals surface area contributed by atoms with E-state index in [9.17, 15) is 18.0 Å². The third kappa shape index (κ3) is 5.32. The minimum atomic E-state index is -4.55. The molecule has 0 bridgehead atoms. The van der Waals surface area contributed by atoms with Gasteiger partial charge in [-0.15, -0.1) is 10.2 Å². The largest absolute Gasteiger partial charge is 0.467 e. The molecule has 4 aromatic rings. The van der Waals surface area contributed by atoms with Crippen LogP contribution in [0.25, 0.3) is 10.9 Å². The fourth-order valence-electron chi connectivity index (χ4n) is 3.71. The minimum absolute atomic E-state index is 0.0181. The Kier molecular flexibility index (Phi) is 6.69. The number of anilines is 1. The van der Waals surface area contributed by atoms with Crippen LogP contribution >= 0.6 is 0 Å². The van der Waals surface area contributed by atoms with Gasteiger partial charge in [0.05, 0.1) is 16.7 Å². The summed E-state index contributed by atoms with van der Waals surface area (Å²) in [6.45, 7) is 1.90. The van der Waals surface area contributed by atoms with Crippen molar-refractivity contribution in [3.63, 3.8) is 0 Å². The smallest absolute Gasteiger partial charge is 0.422 e. The molecule has 0 saturated heterocycles. The molecular formula is C24H22F3N7O2. The Bertz CT molecular complexity index is 1390. The highest BCUT2D eigenvalue weighted by molar-refractivity contribution is 5.98. The van der Waals surface area contributed by atoms with Crippen LogP contribution in [0.2, 0.25) is 0 Å². The fourth-order valence-corrected chi connectivity index (χ4v) is 3.71. The number of halogens is 3. The molecule has 0 spiro atoms. The van der Waals surface area contributed by atoms with Gasteiger partial charge in [0.1, 0.15) is 11.5 Å². The van der Waals surface area contributed by atoms with Crippen molar-refractivity contribution < 1.29 is 22.7 Å². The molecule has 36 heavy (non-hydrogen) atoms. The maximum Gasteiger partial charge on any atom is 0.422 e. The number of benzene rings is 1. The van der Waals surface area contributed by atoms with Crippen LogP contribution in [0.1, 0.15) is 41.6 Å². The molecule has 2 atom stereocenters. The van der Waals surface area contributed by atoms with E-state index in [1.54, 1.807) is 62.8 Å². The van der Waals surface area contributed by atoms with Gasteiger partial charge in [0.2, 0.25) is 5.88 Å². The first-order valence-corrected chi connectivity index (χ1v) is 10.8. The molecule has 3 N–H and O–H groups in total. The summed E-state index contributed by atoms with van der Waals surface area (Å²) >= 11 is 0. The van der Waals surface area contributed by atoms with E-state index in [0.29, 0.717) is 11.4 Å². The number of carbonyl (C=O) groups excluding carboxylic acids is 1. The molecule has 1 aromatic carbocycles. The van der Waals surface area contributed by atoms with E-state index in [4.69, 9.17) is 5.73 Å². The predicted molar refractivity (Wildman–Crippen MR) is 125 cm³/mol. The van der Waals surface area contributed by atoms with Crippen LogP contribution in [-0.2, 0) is 5.54 Å². The molecular weight excluding hydrogens is 475 g/mol. The van der Waals surface area contributed by atoms with Gasteiger partial charge in [-0.05, 0) is 37.3 Å². The van der Waals surface area contributed by atoms with E-state index in [-0.39, 0.29) is 11.4 Å². The Morgan fingerprint density at radius 1 is 1.06 bits per heavy atom. The highest BCUT2D eigenvalue weighted by Gasteiger charge is 2.41. The molecule has 0 aliphatic carbocycles. The Morgan fingerprint density at radius 2 is 1.78 bits per heavy atom. The first-order chi connectivity index (χ1) is 17.1. The summed E-state index contributed by atoms with van der Waals surface area (Å²) in [5, 5.41) is 11.5. The average Bonchev–Trinajstić information content (AvgIpc) is 2.86. The van der Waals surface area contributed by atoms with E-state index >= 15 is 0 Å². The maximum absolute atomic E-state index is 13.4. The van der Waals surface area contributed by atoms with E-state index in [1.807, 2.05) is 6.07 Å². The quantitative estimate of drug-likeness (QED) is 0.395. The Labute approximate surface area is 204 Å². The zero-order valence-corrected chi connectivity index (χ0v) is 19.3. The molecule has 3 aromatic heterocycles. The number of fused-ring (bicyclic) bond motifs is 1. The molecule has 4 rings (SSSR count). The summed E-state index contributed by atoms with van der Waals surface area (Å²) < 4.78 is 42.3. The summed E-state index contributed by atoms with van der Waals surface area (Å²) in [6, 6.07) is 11.5. The van der Waals surface area contributed by atoms with Gasteiger partial charge in [-0.1, -0.05) is 13.0 Å². The van der Waals surface area contributed by atoms with Gasteiger partial charge >= 0.3 is 6.18 Å². The molecule has 0 aliphatic heterocycles. The predicted octanol–water partition coefficient (Wildman–Crippen LogP) is 3.79. The highest BCUT2D eigenvalue weighted by atomic mass is 19.4. The molecule has 0 radical (unpaired) electrons. The third-order valence-corrected chi connectivity index (χ3v) is 5.75. The number of nitrogens with one attached hydrogen (secondary N) is 1. The maximum atomic E-state index is 13.4. The van der Waals surface area contributed by atoms with E-state index < -0.39 is 36.0 Å². The van der Waals surface area contributed by atoms with Crippen molar-refractivity contribution in [3.05, 3.63) is 78.1 Å². The van der Waals surface area contributed by atoms with Crippen LogP contribution in [-0.4, -0.2) is 43.8 Å². The summed E-state index contributed by atoms with van der Waals surface area (Å²) in [6.07, 6.45) is 0.220. The first-order valence-electron chi connectivity index (χ1n) is 10.8. The normalized spacial score (nSPS) is 14.1. The number of aromatic nitrogens is 5. The van der Waals surface area contributed by atoms with E-state index in [1.165, 1.54) is 0 Å². The standard InChI is InChI=1S/C24H22F3N7O2/c1-14(21-30-9-4-10-31-21)23(2,20-17(28)12-19(33-34-20)36-13-24(25,26)27)32-22(35)16-6-7-18-15(11-16)5-3-8-29-18/h3-12,14H,13H2,1-2H3,(H2,28,33)(H,32,35)/t14-,23+/m0/s1. The fraction of sp³-hybridized carbons (Fsp3) is 0.250. The molecule has 3 heterocycles. The van der Waals surface area contributed by atoms with Crippen LogP contribution in [0, 0.1) is 0 Å². The van der Waals surface area contributed by atoms with Gasteiger partial charge in [-0.25, -0.2) is 9.97 Å². The van der Waals surface area contributed by atoms with Gasteiger partial charge in [0.25, 0.3) is 5.91 Å². The summed E-state index contributed by atoms with van der Waals surface area (Å²) in [7, 11) is 0. The Morgan fingerprint density at radius 3 is 2.47 bits per heavy atom. The van der Waals surface area contributed by atoms with Crippen molar-refractivity contribution in [2.24, 2.45) is 0 Å². The summed E-state index contributed by atoms with van der Waals surface area (Å²) in [5.41, 5.74) is 6.08. The van der Waals surface area contributed by atoms with Crippen LogP contribution < -0.4 is 15.8 Å². The lowest BCUT2D eigenvalue weighted by atomic mass is 9.81. The lowest BCUT2D eigenvalue weighted by molar-refractivity contribution is -0.154. The highest BCUT2D eigenvalue weighted by Crippen LogP contribution is 2.37. The topological polar surface area (TPSA) is 129 Å². The summed E-state index contributed by atoms with van der Waals surface area (Å²) in [4.78, 5) is 26.2. The number of ether oxygens (including phenoxy) is 1. The zero-order valence-electron chi connectivity index (χ0n) is 19.3. The summed E-state index contributed by atoms with van der Waals surface area (Å²) in [5.74, 6) is -1.01. The molecule has 0 unspecified atom stereocenters. The molecule has 0 fully saturated rings. The second kappa shape index (κ2) is 9.72. The number of amides is 1. The van der Waals surface area contributed by atoms with Crippen molar-refractivity contribution in [1.82, 2.24) is 30.5 Å². The van der Waals surface area contributed by atoms with Crippen molar-refractivity contribution >= 4 is 22.5 Å². The molecule has 9 nitrogen and oxygen atoms in total. The van der Waals surface area contributed by atoms with Gasteiger partial charge in [0, 0.05) is 41.5 Å². The number of hydrogen-bond acceptors (Lipinski definition) is 8. The number of hydrogen-bond donors (Lipinski definition) is 2. The van der Waals surface area contributed by atoms with Crippen molar-refractivity contribution in [3.8, 4) is 5.88 Å². The minimum Gasteiger partial charge on any atom is -0.467 e. The first kappa shape index (κ1) is 24.8. The number of rotatable bonds is 7. The average molecular weight is 497 g/mol. The van der Waals surface area contributed by atoms with Crippen molar-refractivity contribution in [2.75, 3.05) is 12.3 Å². The van der Waals surface area contributed by atoms with Gasteiger partial charge in [-0.3, -0.25) is 9.78 Å². The van der Waals surface area contributed by atoms with Crippen LogP contribution in [0.5, 0.6) is 5.88 Å². The number of pyridine rings is 1. The monoisotopic (exact) mass is 497 g/mol. The zero-order chi connectivity index (χ0) is 25.9. The Balaban J connectivity index is 1.71. The molecule has 186 valence electrons. The van der Waals surface area contributed by atoms with Crippen molar-refractivity contribution in [1.29, 1.82) is 0 Å². The van der Waals surface area contributed by atoms with Gasteiger partial charge < -0.3 is 15.8 Å². The van der Waals surface area contributed by atoms with Crippen molar-refractivity contribution in [2.45, 2.75) is 31.5 Å². The SMILES string of the molecule is C[C@@H](c1ncccn1)[C@@](C)(NC(=O)c1ccc2ncccc2c1)c1nnc(OCC(F)(F)F)cc1N. The molecule has 1 amide bonds. The van der Waals surface area contributed by atoms with E-state index in [0.717, 1.165) is 17.0 Å². The van der Waals surface area contributed by atoms with Gasteiger partial charge in [0.15, 0.2) is 6.61 Å². The number of nitrogen functional groups attached to an aromatic ring is 1. The van der Waals surface area contributed by atoms with Crippen LogP contribution in [0.15, 0.2) is 61.1 Å². The lowest BCUT2D eigenvalue weighted by Gasteiger charge is -2.35. The molecule has 0 saturated carbocycles. The number of nitrogens with zero attached hydrogens (tertiary/aromatic N) is 5. The lowest BCUT2D eigenvalue weighted by Crippen LogP contribution is -2.48. The third-order valence-electron chi connectivity index (χ3n) is 5.75. The van der Waals surface area contributed by atoms with Crippen LogP contribution in [0.4, 0.5) is 18.9 Å². The Hall–Kier alpha value is -4.35. The second-order valence-electron chi connectivity index (χ2n) is 8.29. The van der Waals surface area contributed by atoms with Gasteiger partial charge in [-0.2, -0.15) is 13.2 Å². The van der Waals surface area contributed by atoms with E-state index in [2.05, 4.69) is 35.2 Å². The molecule has 0 aliphatic rings. The number of alkyl halides is 3.